The Balaban J connectivity index is 1.31. The van der Waals surface area contributed by atoms with E-state index >= 15 is 0 Å². The van der Waals surface area contributed by atoms with Crippen molar-refractivity contribution in [1.29, 1.82) is 0 Å². The Morgan fingerprint density at radius 1 is 1.00 bits per heavy atom. The van der Waals surface area contributed by atoms with Gasteiger partial charge in [-0.25, -0.2) is 9.97 Å². The Kier molecular flexibility index (Phi) is 4.75. The first-order chi connectivity index (χ1) is 14.2. The molecular weight excluding hydrogens is 364 g/mol. The van der Waals surface area contributed by atoms with Gasteiger partial charge in [0, 0.05) is 51.1 Å². The third-order valence-electron chi connectivity index (χ3n) is 6.16. The number of rotatable bonds is 4. The summed E-state index contributed by atoms with van der Waals surface area (Å²) in [6.07, 6.45) is 7.46. The van der Waals surface area contributed by atoms with Crippen LogP contribution in [0.5, 0.6) is 0 Å². The number of aliphatic hydroxyl groups excluding tert-OH is 1. The molecule has 7 heteroatoms. The van der Waals surface area contributed by atoms with Gasteiger partial charge in [0.25, 0.3) is 0 Å². The minimum absolute atomic E-state index is 0.283. The van der Waals surface area contributed by atoms with Crippen LogP contribution in [-0.2, 0) is 0 Å². The fourth-order valence-electron chi connectivity index (χ4n) is 4.30. The van der Waals surface area contributed by atoms with Gasteiger partial charge in [-0.05, 0) is 43.4 Å². The number of piperidine rings is 1. The molecule has 0 amide bonds. The van der Waals surface area contributed by atoms with Crippen LogP contribution in [0.2, 0.25) is 0 Å². The minimum atomic E-state index is 0.283. The van der Waals surface area contributed by atoms with Crippen LogP contribution in [0.3, 0.4) is 0 Å². The quantitative estimate of drug-likeness (QED) is 0.733. The fourth-order valence-corrected chi connectivity index (χ4v) is 4.30. The molecule has 3 aromatic rings. The molecule has 2 fully saturated rings. The molecule has 4 heterocycles. The van der Waals surface area contributed by atoms with E-state index in [1.165, 1.54) is 5.56 Å². The number of aromatic nitrogens is 4. The molecule has 0 spiro atoms. The number of fused-ring (bicyclic) bond motifs is 1. The van der Waals surface area contributed by atoms with Crippen molar-refractivity contribution in [3.63, 3.8) is 0 Å². The summed E-state index contributed by atoms with van der Waals surface area (Å²) in [6.45, 7) is 5.98. The maximum Gasteiger partial charge on any atom is 0.150 e. The second-order valence-corrected chi connectivity index (χ2v) is 8.20. The monoisotopic (exact) mass is 390 g/mol. The number of nitrogens with zero attached hydrogens (tertiary/aromatic N) is 6. The number of aryl methyl sites for hydroxylation is 1. The van der Waals surface area contributed by atoms with Crippen LogP contribution in [0.1, 0.15) is 30.0 Å². The van der Waals surface area contributed by atoms with Gasteiger partial charge in [0.2, 0.25) is 0 Å². The molecule has 0 radical (unpaired) electrons. The SMILES string of the molecule is Cc1ccc2ncc(N3CC(c4nccnc4N4CCC(CO)CC4)C3)nc2c1. The van der Waals surface area contributed by atoms with Gasteiger partial charge >= 0.3 is 0 Å². The Bertz CT molecular complexity index is 1010. The molecule has 2 aliphatic rings. The number of anilines is 2. The van der Waals surface area contributed by atoms with Crippen molar-refractivity contribution < 1.29 is 5.11 Å². The van der Waals surface area contributed by atoms with E-state index in [4.69, 9.17) is 4.98 Å². The zero-order valence-corrected chi connectivity index (χ0v) is 16.7. The van der Waals surface area contributed by atoms with Gasteiger partial charge in [-0.3, -0.25) is 9.97 Å². The van der Waals surface area contributed by atoms with Gasteiger partial charge < -0.3 is 14.9 Å². The summed E-state index contributed by atoms with van der Waals surface area (Å²) in [4.78, 5) is 23.3. The van der Waals surface area contributed by atoms with E-state index in [-0.39, 0.29) is 6.61 Å². The van der Waals surface area contributed by atoms with Crippen LogP contribution in [0, 0.1) is 12.8 Å². The summed E-state index contributed by atoms with van der Waals surface area (Å²) < 4.78 is 0. The van der Waals surface area contributed by atoms with E-state index in [1.807, 2.05) is 12.3 Å². The maximum atomic E-state index is 9.39. The van der Waals surface area contributed by atoms with Gasteiger partial charge in [0.15, 0.2) is 5.82 Å². The van der Waals surface area contributed by atoms with E-state index in [2.05, 4.69) is 43.8 Å². The normalized spacial score (nSPS) is 18.3. The summed E-state index contributed by atoms with van der Waals surface area (Å²) >= 11 is 0. The summed E-state index contributed by atoms with van der Waals surface area (Å²) in [5, 5.41) is 9.39. The summed E-state index contributed by atoms with van der Waals surface area (Å²) in [7, 11) is 0. The highest BCUT2D eigenvalue weighted by Gasteiger charge is 2.34. The number of benzene rings is 1. The highest BCUT2D eigenvalue weighted by molar-refractivity contribution is 5.76. The fraction of sp³-hybridized carbons (Fsp3) is 0.455. The van der Waals surface area contributed by atoms with Gasteiger partial charge in [0.1, 0.15) is 5.82 Å². The molecule has 5 rings (SSSR count). The van der Waals surface area contributed by atoms with Gasteiger partial charge in [-0.2, -0.15) is 0 Å². The van der Waals surface area contributed by atoms with Crippen molar-refractivity contribution in [1.82, 2.24) is 19.9 Å². The molecule has 1 aromatic carbocycles. The molecule has 7 nitrogen and oxygen atoms in total. The molecule has 2 aromatic heterocycles. The Morgan fingerprint density at radius 2 is 1.79 bits per heavy atom. The summed E-state index contributed by atoms with van der Waals surface area (Å²) in [5.74, 6) is 2.70. The Labute approximate surface area is 170 Å². The van der Waals surface area contributed by atoms with Crippen LogP contribution in [0.15, 0.2) is 36.8 Å². The topological polar surface area (TPSA) is 78.3 Å². The Morgan fingerprint density at radius 3 is 2.59 bits per heavy atom. The molecule has 2 aliphatic heterocycles. The highest BCUT2D eigenvalue weighted by atomic mass is 16.3. The lowest BCUT2D eigenvalue weighted by molar-refractivity contribution is 0.202. The Hall–Kier alpha value is -2.80. The number of hydrogen-bond acceptors (Lipinski definition) is 7. The van der Waals surface area contributed by atoms with Gasteiger partial charge in [-0.15, -0.1) is 0 Å². The van der Waals surface area contributed by atoms with Crippen molar-refractivity contribution in [3.05, 3.63) is 48.0 Å². The largest absolute Gasteiger partial charge is 0.396 e. The minimum Gasteiger partial charge on any atom is -0.396 e. The summed E-state index contributed by atoms with van der Waals surface area (Å²) in [6, 6.07) is 6.17. The third kappa shape index (κ3) is 3.51. The van der Waals surface area contributed by atoms with Gasteiger partial charge in [-0.1, -0.05) is 6.07 Å². The second-order valence-electron chi connectivity index (χ2n) is 8.20. The van der Waals surface area contributed by atoms with E-state index in [0.29, 0.717) is 11.8 Å². The molecule has 0 unspecified atom stereocenters. The molecule has 2 saturated heterocycles. The zero-order chi connectivity index (χ0) is 19.8. The van der Waals surface area contributed by atoms with Crippen molar-refractivity contribution in [3.8, 4) is 0 Å². The first kappa shape index (κ1) is 18.2. The van der Waals surface area contributed by atoms with Crippen LogP contribution >= 0.6 is 0 Å². The van der Waals surface area contributed by atoms with Crippen molar-refractivity contribution in [2.24, 2.45) is 5.92 Å². The van der Waals surface area contributed by atoms with Crippen LogP contribution in [0.25, 0.3) is 11.0 Å². The molecule has 29 heavy (non-hydrogen) atoms. The average molecular weight is 390 g/mol. The summed E-state index contributed by atoms with van der Waals surface area (Å²) in [5.41, 5.74) is 4.15. The first-order valence-corrected chi connectivity index (χ1v) is 10.4. The predicted molar refractivity (Wildman–Crippen MR) is 113 cm³/mol. The zero-order valence-electron chi connectivity index (χ0n) is 16.7. The van der Waals surface area contributed by atoms with E-state index < -0.39 is 0 Å². The van der Waals surface area contributed by atoms with Crippen molar-refractivity contribution in [2.45, 2.75) is 25.7 Å². The average Bonchev–Trinajstić information content (AvgIpc) is 2.73. The lowest BCUT2D eigenvalue weighted by atomic mass is 9.94. The van der Waals surface area contributed by atoms with E-state index in [1.54, 1.807) is 12.4 Å². The van der Waals surface area contributed by atoms with E-state index in [0.717, 1.165) is 67.4 Å². The number of hydrogen-bond donors (Lipinski definition) is 1. The predicted octanol–water partition coefficient (Wildman–Crippen LogP) is 2.54. The first-order valence-electron chi connectivity index (χ1n) is 10.4. The molecule has 150 valence electrons. The molecule has 0 atom stereocenters. The third-order valence-corrected chi connectivity index (χ3v) is 6.16. The second kappa shape index (κ2) is 7.55. The van der Waals surface area contributed by atoms with Crippen LogP contribution in [-0.4, -0.2) is 57.8 Å². The molecule has 0 aliphatic carbocycles. The molecule has 0 saturated carbocycles. The lowest BCUT2D eigenvalue weighted by Gasteiger charge is -2.41. The van der Waals surface area contributed by atoms with Crippen LogP contribution in [0.4, 0.5) is 11.6 Å². The van der Waals surface area contributed by atoms with Crippen molar-refractivity contribution in [2.75, 3.05) is 42.6 Å². The molecular formula is C22H26N6O. The molecule has 1 N–H and O–H groups in total. The van der Waals surface area contributed by atoms with Gasteiger partial charge in [0.05, 0.1) is 22.9 Å². The van der Waals surface area contributed by atoms with Crippen LogP contribution < -0.4 is 9.80 Å². The maximum absolute atomic E-state index is 9.39. The standard InChI is InChI=1S/C22H26N6O/c1-15-2-3-18-19(10-15)26-20(11-25-18)28-12-17(13-28)21-22(24-7-6-23-21)27-8-4-16(14-29)5-9-27/h2-3,6-7,10-11,16-17,29H,4-5,8-9,12-14H2,1H3. The molecule has 0 bridgehead atoms. The lowest BCUT2D eigenvalue weighted by Crippen LogP contribution is -2.47. The highest BCUT2D eigenvalue weighted by Crippen LogP contribution is 2.35. The van der Waals surface area contributed by atoms with E-state index in [9.17, 15) is 5.11 Å². The smallest absolute Gasteiger partial charge is 0.150 e. The van der Waals surface area contributed by atoms with Crippen molar-refractivity contribution >= 4 is 22.7 Å². The number of aliphatic hydroxyl groups is 1.